The Labute approximate surface area is 185 Å². The van der Waals surface area contributed by atoms with Gasteiger partial charge in [0, 0.05) is 31.5 Å². The number of carbonyl (C=O) groups excluding carboxylic acids is 1. The van der Waals surface area contributed by atoms with Crippen LogP contribution in [0.25, 0.3) is 0 Å². The molecule has 6 nitrogen and oxygen atoms in total. The minimum absolute atomic E-state index is 0.112. The van der Waals surface area contributed by atoms with Gasteiger partial charge in [-0.2, -0.15) is 0 Å². The third-order valence-electron chi connectivity index (χ3n) is 5.16. The Hall–Kier alpha value is -2.51. The van der Waals surface area contributed by atoms with Gasteiger partial charge in [0.2, 0.25) is 0 Å². The van der Waals surface area contributed by atoms with Crippen molar-refractivity contribution in [1.82, 2.24) is 19.7 Å². The number of amides is 1. The van der Waals surface area contributed by atoms with Gasteiger partial charge in [-0.1, -0.05) is 53.7 Å². The lowest BCUT2D eigenvalue weighted by atomic mass is 10.1. The molecule has 1 fully saturated rings. The Balaban J connectivity index is 1.29. The van der Waals surface area contributed by atoms with Crippen molar-refractivity contribution in [2.75, 3.05) is 18.8 Å². The molecule has 8 heteroatoms. The molecule has 3 aromatic rings. The number of aromatic nitrogens is 3. The Morgan fingerprint density at radius 3 is 2.73 bits per heavy atom. The number of carbonyl (C=O) groups is 1. The highest BCUT2D eigenvalue weighted by Crippen LogP contribution is 2.27. The van der Waals surface area contributed by atoms with Crippen molar-refractivity contribution in [1.29, 1.82) is 0 Å². The molecule has 0 N–H and O–H groups in total. The minimum atomic E-state index is 0.112. The van der Waals surface area contributed by atoms with Gasteiger partial charge in [0.05, 0.1) is 5.02 Å². The highest BCUT2D eigenvalue weighted by atomic mass is 35.5. The number of hydrogen-bond acceptors (Lipinski definition) is 5. The molecule has 0 radical (unpaired) electrons. The molecule has 0 aliphatic carbocycles. The van der Waals surface area contributed by atoms with Crippen LogP contribution < -0.4 is 4.74 Å². The van der Waals surface area contributed by atoms with Gasteiger partial charge in [0.1, 0.15) is 12.4 Å². The molecule has 0 bridgehead atoms. The average Bonchev–Trinajstić information content (AvgIpc) is 3.38. The molecule has 0 unspecified atom stereocenters. The third-order valence-corrected chi connectivity index (χ3v) is 6.72. The second-order valence-corrected chi connectivity index (χ2v) is 8.65. The first kappa shape index (κ1) is 20.8. The van der Waals surface area contributed by atoms with Gasteiger partial charge in [-0.25, -0.2) is 0 Å². The van der Waals surface area contributed by atoms with Crippen LogP contribution in [0.3, 0.4) is 0 Å². The first-order valence-electron chi connectivity index (χ1n) is 9.84. The van der Waals surface area contributed by atoms with Gasteiger partial charge in [0.25, 0.3) is 5.91 Å². The van der Waals surface area contributed by atoms with E-state index in [1.807, 2.05) is 65.0 Å². The number of para-hydroxylation sites is 1. The summed E-state index contributed by atoms with van der Waals surface area (Å²) in [6, 6.07) is 16.8. The summed E-state index contributed by atoms with van der Waals surface area (Å²) < 4.78 is 7.72. The van der Waals surface area contributed by atoms with E-state index in [0.717, 1.165) is 41.8 Å². The number of nitrogens with zero attached hydrogens (tertiary/aromatic N) is 4. The second kappa shape index (κ2) is 9.53. The van der Waals surface area contributed by atoms with E-state index < -0.39 is 0 Å². The average molecular weight is 443 g/mol. The molecule has 0 saturated carbocycles. The Morgan fingerprint density at radius 2 is 1.93 bits per heavy atom. The topological polar surface area (TPSA) is 60.2 Å². The summed E-state index contributed by atoms with van der Waals surface area (Å²) in [5.41, 5.74) is 0.752. The van der Waals surface area contributed by atoms with Gasteiger partial charge in [0.15, 0.2) is 11.0 Å². The quantitative estimate of drug-likeness (QED) is 0.510. The summed E-state index contributed by atoms with van der Waals surface area (Å²) >= 11 is 7.80. The monoisotopic (exact) mass is 442 g/mol. The summed E-state index contributed by atoms with van der Waals surface area (Å²) in [6.07, 6.45) is 1.01. The van der Waals surface area contributed by atoms with Crippen molar-refractivity contribution in [2.45, 2.75) is 18.2 Å². The van der Waals surface area contributed by atoms with E-state index in [-0.39, 0.29) is 5.91 Å². The fourth-order valence-corrected chi connectivity index (χ4v) is 4.65. The van der Waals surface area contributed by atoms with Crippen LogP contribution in [0.5, 0.6) is 5.75 Å². The molecule has 1 aliphatic rings. The zero-order valence-corrected chi connectivity index (χ0v) is 18.3. The van der Waals surface area contributed by atoms with E-state index in [1.54, 1.807) is 17.8 Å². The highest BCUT2D eigenvalue weighted by molar-refractivity contribution is 7.99. The number of rotatable bonds is 7. The molecule has 1 atom stereocenters. The second-order valence-electron chi connectivity index (χ2n) is 7.26. The van der Waals surface area contributed by atoms with Crippen molar-refractivity contribution in [3.8, 4) is 5.75 Å². The maximum absolute atomic E-state index is 12.6. The third kappa shape index (κ3) is 4.79. The lowest BCUT2D eigenvalue weighted by Crippen LogP contribution is -2.28. The minimum Gasteiger partial charge on any atom is -0.484 e. The summed E-state index contributed by atoms with van der Waals surface area (Å²) in [4.78, 5) is 14.6. The van der Waals surface area contributed by atoms with E-state index in [2.05, 4.69) is 10.2 Å². The number of benzene rings is 2. The number of ether oxygens (including phenoxy) is 1. The van der Waals surface area contributed by atoms with Crippen molar-refractivity contribution < 1.29 is 9.53 Å². The molecule has 2 heterocycles. The maximum Gasteiger partial charge on any atom is 0.253 e. The number of halogens is 1. The van der Waals surface area contributed by atoms with Crippen LogP contribution in [-0.2, 0) is 13.7 Å². The molecule has 156 valence electrons. The van der Waals surface area contributed by atoms with Crippen LogP contribution in [0.1, 0.15) is 22.6 Å². The lowest BCUT2D eigenvalue weighted by Gasteiger charge is -2.16. The molecule has 1 aliphatic heterocycles. The van der Waals surface area contributed by atoms with E-state index in [0.29, 0.717) is 23.3 Å². The predicted molar refractivity (Wildman–Crippen MR) is 118 cm³/mol. The van der Waals surface area contributed by atoms with Crippen molar-refractivity contribution in [3.05, 3.63) is 71.0 Å². The standard InChI is InChI=1S/C22H23ClN4O2S/c1-26-20(14-29-19-10-6-5-9-18(19)23)24-25-22(26)30-15-16-11-12-27(13-16)21(28)17-7-3-2-4-8-17/h2-10,16H,11-15H2,1H3/t16-/m1/s1. The van der Waals surface area contributed by atoms with Crippen LogP contribution >= 0.6 is 23.4 Å². The molecular weight excluding hydrogens is 420 g/mol. The summed E-state index contributed by atoms with van der Waals surface area (Å²) in [6.45, 7) is 1.88. The van der Waals surface area contributed by atoms with Gasteiger partial charge in [-0.3, -0.25) is 4.79 Å². The van der Waals surface area contributed by atoms with Gasteiger partial charge in [-0.05, 0) is 36.6 Å². The fourth-order valence-electron chi connectivity index (χ4n) is 3.41. The number of thioether (sulfide) groups is 1. The van der Waals surface area contributed by atoms with Crippen molar-refractivity contribution >= 4 is 29.3 Å². The van der Waals surface area contributed by atoms with Crippen molar-refractivity contribution in [2.24, 2.45) is 13.0 Å². The lowest BCUT2D eigenvalue weighted by molar-refractivity contribution is 0.0788. The molecule has 4 rings (SSSR count). The summed E-state index contributed by atoms with van der Waals surface area (Å²) in [7, 11) is 1.94. The van der Waals surface area contributed by atoms with Crippen LogP contribution in [-0.4, -0.2) is 44.4 Å². The molecule has 1 saturated heterocycles. The van der Waals surface area contributed by atoms with Crippen LogP contribution in [0, 0.1) is 5.92 Å². The maximum atomic E-state index is 12.6. The fraction of sp³-hybridized carbons (Fsp3) is 0.318. The smallest absolute Gasteiger partial charge is 0.253 e. The highest BCUT2D eigenvalue weighted by Gasteiger charge is 2.27. The number of likely N-dealkylation sites (tertiary alicyclic amines) is 1. The molecule has 0 spiro atoms. The number of hydrogen-bond donors (Lipinski definition) is 0. The predicted octanol–water partition coefficient (Wildman–Crippen LogP) is 4.30. The van der Waals surface area contributed by atoms with Crippen LogP contribution in [0.2, 0.25) is 5.02 Å². The Morgan fingerprint density at radius 1 is 1.17 bits per heavy atom. The SMILES string of the molecule is Cn1c(COc2ccccc2Cl)nnc1SC[C@@H]1CCN(C(=O)c2ccccc2)C1. The first-order valence-corrected chi connectivity index (χ1v) is 11.2. The zero-order chi connectivity index (χ0) is 20.9. The first-order chi connectivity index (χ1) is 14.6. The van der Waals surface area contributed by atoms with Crippen LogP contribution in [0.15, 0.2) is 59.8 Å². The van der Waals surface area contributed by atoms with E-state index in [4.69, 9.17) is 16.3 Å². The van der Waals surface area contributed by atoms with Gasteiger partial charge < -0.3 is 14.2 Å². The van der Waals surface area contributed by atoms with Gasteiger partial charge >= 0.3 is 0 Å². The van der Waals surface area contributed by atoms with Crippen molar-refractivity contribution in [3.63, 3.8) is 0 Å². The molecule has 1 aromatic heterocycles. The largest absolute Gasteiger partial charge is 0.484 e. The summed E-state index contributed by atoms with van der Waals surface area (Å²) in [5.74, 6) is 2.83. The zero-order valence-electron chi connectivity index (χ0n) is 16.7. The Bertz CT molecular complexity index is 1010. The molecular formula is C22H23ClN4O2S. The van der Waals surface area contributed by atoms with E-state index >= 15 is 0 Å². The molecule has 30 heavy (non-hydrogen) atoms. The summed E-state index contributed by atoms with van der Waals surface area (Å²) in [5, 5.41) is 9.97. The van der Waals surface area contributed by atoms with Gasteiger partial charge in [-0.15, -0.1) is 10.2 Å². The molecule has 1 amide bonds. The Kier molecular flexibility index (Phi) is 6.59. The molecule has 2 aromatic carbocycles. The van der Waals surface area contributed by atoms with E-state index in [9.17, 15) is 4.79 Å². The normalized spacial score (nSPS) is 16.1. The van der Waals surface area contributed by atoms with Crippen LogP contribution in [0.4, 0.5) is 0 Å². The van der Waals surface area contributed by atoms with E-state index in [1.165, 1.54) is 0 Å².